The lowest BCUT2D eigenvalue weighted by atomic mass is 10.2. The average Bonchev–Trinajstić information content (AvgIpc) is 2.62. The van der Waals surface area contributed by atoms with Crippen LogP contribution in [0.4, 0.5) is 0 Å². The van der Waals surface area contributed by atoms with E-state index in [1.807, 2.05) is 13.8 Å². The standard InChI is InChI=1S/C9H16N2O3/c1-6(2)10-4-9(13)8-3-7(5-12)14-11-8/h3,6,9-10,12-13H,4-5H2,1-2H3. The van der Waals surface area contributed by atoms with Crippen LogP contribution in [0.15, 0.2) is 10.6 Å². The van der Waals surface area contributed by atoms with Crippen LogP contribution in [-0.2, 0) is 6.61 Å². The molecule has 1 atom stereocenters. The summed E-state index contributed by atoms with van der Waals surface area (Å²) in [6, 6.07) is 1.86. The Morgan fingerprint density at radius 2 is 2.29 bits per heavy atom. The summed E-state index contributed by atoms with van der Waals surface area (Å²) >= 11 is 0. The van der Waals surface area contributed by atoms with Crippen molar-refractivity contribution in [3.63, 3.8) is 0 Å². The SMILES string of the molecule is CC(C)NCC(O)c1cc(CO)on1. The summed E-state index contributed by atoms with van der Waals surface area (Å²) in [5, 5.41) is 25.0. The first-order chi connectivity index (χ1) is 6.63. The number of nitrogens with one attached hydrogen (secondary N) is 1. The van der Waals surface area contributed by atoms with Crippen molar-refractivity contribution in [2.24, 2.45) is 0 Å². The van der Waals surface area contributed by atoms with Crippen LogP contribution in [-0.4, -0.2) is 28.0 Å². The van der Waals surface area contributed by atoms with Crippen LogP contribution in [0.5, 0.6) is 0 Å². The van der Waals surface area contributed by atoms with E-state index in [4.69, 9.17) is 9.63 Å². The second-order valence-electron chi connectivity index (χ2n) is 3.45. The third-order valence-corrected chi connectivity index (χ3v) is 1.79. The molecule has 5 heteroatoms. The molecule has 0 saturated heterocycles. The summed E-state index contributed by atoms with van der Waals surface area (Å²) < 4.78 is 4.75. The number of hydrogen-bond donors (Lipinski definition) is 3. The fourth-order valence-electron chi connectivity index (χ4n) is 1.01. The third kappa shape index (κ3) is 3.10. The van der Waals surface area contributed by atoms with Crippen LogP contribution in [0.3, 0.4) is 0 Å². The summed E-state index contributed by atoms with van der Waals surface area (Å²) in [5.74, 6) is 0.364. The van der Waals surface area contributed by atoms with E-state index in [0.717, 1.165) is 0 Å². The van der Waals surface area contributed by atoms with Crippen molar-refractivity contribution in [1.82, 2.24) is 10.5 Å². The molecule has 0 saturated carbocycles. The van der Waals surface area contributed by atoms with Crippen molar-refractivity contribution in [3.8, 4) is 0 Å². The van der Waals surface area contributed by atoms with Crippen LogP contribution in [0.2, 0.25) is 0 Å². The van der Waals surface area contributed by atoms with Gasteiger partial charge in [0.05, 0.1) is 0 Å². The predicted octanol–water partition coefficient (Wildman–Crippen LogP) is 0.198. The van der Waals surface area contributed by atoms with Gasteiger partial charge in [-0.05, 0) is 0 Å². The van der Waals surface area contributed by atoms with Gasteiger partial charge in [-0.15, -0.1) is 0 Å². The van der Waals surface area contributed by atoms with E-state index in [1.165, 1.54) is 0 Å². The van der Waals surface area contributed by atoms with Gasteiger partial charge in [0.1, 0.15) is 18.4 Å². The van der Waals surface area contributed by atoms with Gasteiger partial charge in [-0.1, -0.05) is 19.0 Å². The maximum Gasteiger partial charge on any atom is 0.162 e. The Bertz CT molecular complexity index is 273. The number of hydrogen-bond acceptors (Lipinski definition) is 5. The zero-order valence-electron chi connectivity index (χ0n) is 8.40. The minimum absolute atomic E-state index is 0.197. The lowest BCUT2D eigenvalue weighted by Gasteiger charge is -2.11. The smallest absolute Gasteiger partial charge is 0.162 e. The quantitative estimate of drug-likeness (QED) is 0.632. The van der Waals surface area contributed by atoms with Crippen molar-refractivity contribution >= 4 is 0 Å². The predicted molar refractivity (Wildman–Crippen MR) is 50.5 cm³/mol. The highest BCUT2D eigenvalue weighted by Crippen LogP contribution is 2.12. The van der Waals surface area contributed by atoms with Crippen molar-refractivity contribution in [2.45, 2.75) is 32.6 Å². The van der Waals surface area contributed by atoms with Crippen LogP contribution in [0.25, 0.3) is 0 Å². The van der Waals surface area contributed by atoms with Crippen LogP contribution in [0, 0.1) is 0 Å². The second-order valence-corrected chi connectivity index (χ2v) is 3.45. The molecule has 0 aliphatic heterocycles. The molecule has 0 fully saturated rings. The minimum atomic E-state index is -0.693. The lowest BCUT2D eigenvalue weighted by molar-refractivity contribution is 0.160. The molecule has 0 amide bonds. The number of aromatic nitrogens is 1. The van der Waals surface area contributed by atoms with Gasteiger partial charge in [-0.3, -0.25) is 0 Å². The van der Waals surface area contributed by atoms with Crippen LogP contribution < -0.4 is 5.32 Å². The highest BCUT2D eigenvalue weighted by atomic mass is 16.5. The fraction of sp³-hybridized carbons (Fsp3) is 0.667. The third-order valence-electron chi connectivity index (χ3n) is 1.79. The van der Waals surface area contributed by atoms with Gasteiger partial charge in [-0.2, -0.15) is 0 Å². The van der Waals surface area contributed by atoms with Crippen molar-refractivity contribution < 1.29 is 14.7 Å². The van der Waals surface area contributed by atoms with E-state index in [9.17, 15) is 5.11 Å². The molecule has 3 N–H and O–H groups in total. The molecule has 14 heavy (non-hydrogen) atoms. The van der Waals surface area contributed by atoms with Crippen LogP contribution >= 0.6 is 0 Å². The van der Waals surface area contributed by atoms with E-state index in [0.29, 0.717) is 24.0 Å². The zero-order chi connectivity index (χ0) is 10.6. The van der Waals surface area contributed by atoms with Crippen LogP contribution in [0.1, 0.15) is 31.4 Å². The minimum Gasteiger partial charge on any atom is -0.388 e. The Kier molecular flexibility index (Phi) is 4.06. The van der Waals surface area contributed by atoms with Crippen molar-refractivity contribution in [3.05, 3.63) is 17.5 Å². The number of nitrogens with zero attached hydrogens (tertiary/aromatic N) is 1. The molecule has 1 aromatic heterocycles. The van der Waals surface area contributed by atoms with Gasteiger partial charge in [0.15, 0.2) is 5.76 Å². The summed E-state index contributed by atoms with van der Waals surface area (Å²) in [6.07, 6.45) is -0.693. The Labute approximate surface area is 82.7 Å². The fourth-order valence-corrected chi connectivity index (χ4v) is 1.01. The molecular formula is C9H16N2O3. The van der Waals surface area contributed by atoms with Gasteiger partial charge >= 0.3 is 0 Å². The van der Waals surface area contributed by atoms with Crippen molar-refractivity contribution in [2.75, 3.05) is 6.54 Å². The molecule has 1 aromatic rings. The van der Waals surface area contributed by atoms with Gasteiger partial charge < -0.3 is 20.1 Å². The first kappa shape index (κ1) is 11.2. The molecule has 5 nitrogen and oxygen atoms in total. The number of aliphatic hydroxyl groups is 2. The normalized spacial score (nSPS) is 13.5. The van der Waals surface area contributed by atoms with Gasteiger partial charge in [0, 0.05) is 18.7 Å². The first-order valence-electron chi connectivity index (χ1n) is 4.61. The number of aliphatic hydroxyl groups excluding tert-OH is 2. The molecular weight excluding hydrogens is 184 g/mol. The Hall–Kier alpha value is -0.910. The highest BCUT2D eigenvalue weighted by Gasteiger charge is 2.13. The topological polar surface area (TPSA) is 78.5 Å². The van der Waals surface area contributed by atoms with Gasteiger partial charge in [0.2, 0.25) is 0 Å². The van der Waals surface area contributed by atoms with Crippen molar-refractivity contribution in [1.29, 1.82) is 0 Å². The maximum absolute atomic E-state index is 9.61. The summed E-state index contributed by atoms with van der Waals surface area (Å²) in [7, 11) is 0. The molecule has 80 valence electrons. The summed E-state index contributed by atoms with van der Waals surface area (Å²) in [6.45, 7) is 4.22. The molecule has 0 aliphatic carbocycles. The summed E-state index contributed by atoms with van der Waals surface area (Å²) in [5.41, 5.74) is 0.446. The zero-order valence-corrected chi connectivity index (χ0v) is 8.40. The van der Waals surface area contributed by atoms with Gasteiger partial charge in [-0.25, -0.2) is 0 Å². The Morgan fingerprint density at radius 1 is 1.57 bits per heavy atom. The molecule has 1 rings (SSSR count). The molecule has 0 aliphatic rings. The average molecular weight is 200 g/mol. The van der Waals surface area contributed by atoms with Gasteiger partial charge in [0.25, 0.3) is 0 Å². The monoisotopic (exact) mass is 200 g/mol. The largest absolute Gasteiger partial charge is 0.388 e. The highest BCUT2D eigenvalue weighted by molar-refractivity contribution is 5.07. The molecule has 1 unspecified atom stereocenters. The molecule has 1 heterocycles. The second kappa shape index (κ2) is 5.09. The number of rotatable bonds is 5. The lowest BCUT2D eigenvalue weighted by Crippen LogP contribution is -2.28. The maximum atomic E-state index is 9.61. The van der Waals surface area contributed by atoms with E-state index in [-0.39, 0.29) is 6.61 Å². The molecule has 0 bridgehead atoms. The first-order valence-corrected chi connectivity index (χ1v) is 4.61. The molecule has 0 spiro atoms. The van der Waals surface area contributed by atoms with E-state index in [1.54, 1.807) is 6.07 Å². The molecule has 0 radical (unpaired) electrons. The van der Waals surface area contributed by atoms with E-state index in [2.05, 4.69) is 10.5 Å². The summed E-state index contributed by atoms with van der Waals surface area (Å²) in [4.78, 5) is 0. The van der Waals surface area contributed by atoms with E-state index >= 15 is 0 Å². The Balaban J connectivity index is 2.47. The Morgan fingerprint density at radius 3 is 2.79 bits per heavy atom. The molecule has 0 aromatic carbocycles. The van der Waals surface area contributed by atoms with E-state index < -0.39 is 6.10 Å².